The predicted molar refractivity (Wildman–Crippen MR) is 107 cm³/mol. The number of thioether (sulfide) groups is 1. The summed E-state index contributed by atoms with van der Waals surface area (Å²) in [6.07, 6.45) is 0.702. The summed E-state index contributed by atoms with van der Waals surface area (Å²) in [6, 6.07) is 15.1. The molecule has 1 N–H and O–H groups in total. The number of nitrogens with one attached hydrogen (secondary N) is 1. The maximum Gasteiger partial charge on any atom is 0.318 e. The maximum absolute atomic E-state index is 12.5. The lowest BCUT2D eigenvalue weighted by Crippen LogP contribution is -2.26. The van der Waals surface area contributed by atoms with E-state index in [9.17, 15) is 9.59 Å². The van der Waals surface area contributed by atoms with E-state index in [-0.39, 0.29) is 17.1 Å². The third kappa shape index (κ3) is 6.64. The Labute approximate surface area is 164 Å². The number of hydrogen-bond acceptors (Lipinski definition) is 5. The largest absolute Gasteiger partial charge is 0.494 e. The Kier molecular flexibility index (Phi) is 8.20. The minimum Gasteiger partial charge on any atom is -0.494 e. The van der Waals surface area contributed by atoms with Crippen LogP contribution in [0.2, 0.25) is 0 Å². The van der Waals surface area contributed by atoms with Crippen molar-refractivity contribution in [1.29, 1.82) is 0 Å². The average Bonchev–Trinajstić information content (AvgIpc) is 2.67. The molecule has 6 heteroatoms. The lowest BCUT2D eigenvalue weighted by Gasteiger charge is -2.13. The zero-order valence-electron chi connectivity index (χ0n) is 15.9. The van der Waals surface area contributed by atoms with E-state index in [0.29, 0.717) is 25.1 Å². The van der Waals surface area contributed by atoms with E-state index in [4.69, 9.17) is 9.47 Å². The van der Waals surface area contributed by atoms with Gasteiger partial charge in [-0.25, -0.2) is 0 Å². The molecule has 0 saturated heterocycles. The van der Waals surface area contributed by atoms with Crippen LogP contribution in [0.1, 0.15) is 29.3 Å². The molecule has 2 aromatic carbocycles. The van der Waals surface area contributed by atoms with Crippen LogP contribution in [0.25, 0.3) is 0 Å². The van der Waals surface area contributed by atoms with Crippen molar-refractivity contribution < 1.29 is 19.1 Å². The molecule has 0 saturated carbocycles. The number of amides is 1. The maximum atomic E-state index is 12.5. The quantitative estimate of drug-likeness (QED) is 0.402. The molecule has 144 valence electrons. The molecule has 0 radical (unpaired) electrons. The van der Waals surface area contributed by atoms with Gasteiger partial charge in [-0.2, -0.15) is 0 Å². The highest BCUT2D eigenvalue weighted by Gasteiger charge is 2.18. The molecule has 0 aromatic heterocycles. The number of aryl methyl sites for hydroxylation is 1. The molecule has 0 fully saturated rings. The number of benzene rings is 2. The first-order valence-electron chi connectivity index (χ1n) is 8.82. The van der Waals surface area contributed by atoms with E-state index in [0.717, 1.165) is 16.2 Å². The fourth-order valence-electron chi connectivity index (χ4n) is 2.43. The first-order chi connectivity index (χ1) is 13.0. The molecule has 1 unspecified atom stereocenters. The van der Waals surface area contributed by atoms with Crippen molar-refractivity contribution in [3.05, 3.63) is 59.7 Å². The summed E-state index contributed by atoms with van der Waals surface area (Å²) in [5.41, 5.74) is 1.70. The molecule has 1 amide bonds. The minimum absolute atomic E-state index is 0.161. The first-order valence-corrected chi connectivity index (χ1v) is 9.70. The Morgan fingerprint density at radius 1 is 1.15 bits per heavy atom. The van der Waals surface area contributed by atoms with E-state index < -0.39 is 0 Å². The van der Waals surface area contributed by atoms with Crippen LogP contribution in [-0.2, 0) is 9.53 Å². The van der Waals surface area contributed by atoms with E-state index in [2.05, 4.69) is 5.32 Å². The lowest BCUT2D eigenvalue weighted by molar-refractivity contribution is -0.139. The topological polar surface area (TPSA) is 64.6 Å². The van der Waals surface area contributed by atoms with Crippen LogP contribution < -0.4 is 10.1 Å². The zero-order valence-corrected chi connectivity index (χ0v) is 16.7. The smallest absolute Gasteiger partial charge is 0.318 e. The number of rotatable bonds is 9. The van der Waals surface area contributed by atoms with Gasteiger partial charge in [0.1, 0.15) is 11.0 Å². The number of methoxy groups -OCH3 is 1. The van der Waals surface area contributed by atoms with Gasteiger partial charge >= 0.3 is 5.97 Å². The molecule has 0 aliphatic rings. The fourth-order valence-corrected chi connectivity index (χ4v) is 3.44. The summed E-state index contributed by atoms with van der Waals surface area (Å²) in [5.74, 6) is 0.356. The van der Waals surface area contributed by atoms with Gasteiger partial charge in [0.05, 0.1) is 19.3 Å². The van der Waals surface area contributed by atoms with Crippen molar-refractivity contribution in [3.8, 4) is 5.75 Å². The molecule has 1 atom stereocenters. The van der Waals surface area contributed by atoms with Crippen LogP contribution >= 0.6 is 11.8 Å². The van der Waals surface area contributed by atoms with Crippen LogP contribution in [0.15, 0.2) is 53.4 Å². The van der Waals surface area contributed by atoms with Gasteiger partial charge in [0, 0.05) is 11.4 Å². The van der Waals surface area contributed by atoms with Gasteiger partial charge in [0.25, 0.3) is 5.91 Å². The standard InChI is InChI=1S/C21H25NO4S/c1-15-8-6-9-17(14-15)26-13-7-12-22-20(23)18-10-4-5-11-19(18)27-16(2)21(24)25-3/h4-6,8-11,14,16H,7,12-13H2,1-3H3,(H,22,23). The van der Waals surface area contributed by atoms with Gasteiger partial charge in [-0.15, -0.1) is 11.8 Å². The van der Waals surface area contributed by atoms with Gasteiger partial charge in [-0.3, -0.25) is 9.59 Å². The Morgan fingerprint density at radius 2 is 1.93 bits per heavy atom. The molecule has 0 aliphatic heterocycles. The summed E-state index contributed by atoms with van der Waals surface area (Å²) >= 11 is 1.31. The van der Waals surface area contributed by atoms with E-state index >= 15 is 0 Å². The second-order valence-corrected chi connectivity index (χ2v) is 7.44. The number of carbonyl (C=O) groups is 2. The highest BCUT2D eigenvalue weighted by molar-refractivity contribution is 8.00. The molecule has 5 nitrogen and oxygen atoms in total. The highest BCUT2D eigenvalue weighted by Crippen LogP contribution is 2.27. The van der Waals surface area contributed by atoms with Gasteiger partial charge in [-0.1, -0.05) is 24.3 Å². The van der Waals surface area contributed by atoms with Crippen molar-refractivity contribution in [2.45, 2.75) is 30.4 Å². The van der Waals surface area contributed by atoms with E-state index in [1.165, 1.54) is 18.9 Å². The van der Waals surface area contributed by atoms with Gasteiger partial charge in [0.2, 0.25) is 0 Å². The highest BCUT2D eigenvalue weighted by atomic mass is 32.2. The second-order valence-electron chi connectivity index (χ2n) is 6.05. The summed E-state index contributed by atoms with van der Waals surface area (Å²) in [4.78, 5) is 24.9. The van der Waals surface area contributed by atoms with Crippen LogP contribution in [0.3, 0.4) is 0 Å². The first kappa shape index (κ1) is 20.8. The molecule has 27 heavy (non-hydrogen) atoms. The Hall–Kier alpha value is -2.47. The van der Waals surface area contributed by atoms with Crippen LogP contribution in [0.4, 0.5) is 0 Å². The average molecular weight is 388 g/mol. The molecule has 0 aliphatic carbocycles. The van der Waals surface area contributed by atoms with Crippen molar-refractivity contribution >= 4 is 23.6 Å². The monoisotopic (exact) mass is 387 g/mol. The lowest BCUT2D eigenvalue weighted by atomic mass is 10.2. The number of ether oxygens (including phenoxy) is 2. The Morgan fingerprint density at radius 3 is 2.67 bits per heavy atom. The SMILES string of the molecule is COC(=O)C(C)Sc1ccccc1C(=O)NCCCOc1cccc(C)c1. The van der Waals surface area contributed by atoms with Crippen LogP contribution in [-0.4, -0.2) is 37.4 Å². The molecule has 0 bridgehead atoms. The van der Waals surface area contributed by atoms with Gasteiger partial charge in [0.15, 0.2) is 0 Å². The molecule has 2 rings (SSSR count). The summed E-state index contributed by atoms with van der Waals surface area (Å²) in [5, 5.41) is 2.52. The number of hydrogen-bond donors (Lipinski definition) is 1. The summed E-state index contributed by atoms with van der Waals surface area (Å²) < 4.78 is 10.4. The molecule has 0 spiro atoms. The molecular formula is C21H25NO4S. The van der Waals surface area contributed by atoms with E-state index in [1.54, 1.807) is 13.0 Å². The molecule has 0 heterocycles. The third-order valence-electron chi connectivity index (χ3n) is 3.83. The molecule has 2 aromatic rings. The van der Waals surface area contributed by atoms with Crippen molar-refractivity contribution in [1.82, 2.24) is 5.32 Å². The predicted octanol–water partition coefficient (Wildman–Crippen LogP) is 3.85. The van der Waals surface area contributed by atoms with E-state index in [1.807, 2.05) is 49.4 Å². The normalized spacial score (nSPS) is 11.5. The zero-order chi connectivity index (χ0) is 19.6. The second kappa shape index (κ2) is 10.6. The Balaban J connectivity index is 1.82. The van der Waals surface area contributed by atoms with Gasteiger partial charge < -0.3 is 14.8 Å². The minimum atomic E-state index is -0.383. The number of esters is 1. The number of carbonyl (C=O) groups excluding carboxylic acids is 2. The van der Waals surface area contributed by atoms with Crippen LogP contribution in [0, 0.1) is 6.92 Å². The van der Waals surface area contributed by atoms with Gasteiger partial charge in [-0.05, 0) is 50.1 Å². The van der Waals surface area contributed by atoms with Crippen molar-refractivity contribution in [3.63, 3.8) is 0 Å². The summed E-state index contributed by atoms with van der Waals surface area (Å²) in [6.45, 7) is 4.81. The van der Waals surface area contributed by atoms with Crippen LogP contribution in [0.5, 0.6) is 5.75 Å². The third-order valence-corrected chi connectivity index (χ3v) is 4.99. The molecular weight excluding hydrogens is 362 g/mol. The Bertz CT molecular complexity index is 778. The fraction of sp³-hybridized carbons (Fsp3) is 0.333. The summed E-state index contributed by atoms with van der Waals surface area (Å²) in [7, 11) is 1.36. The van der Waals surface area contributed by atoms with Crippen molar-refractivity contribution in [2.75, 3.05) is 20.3 Å². The van der Waals surface area contributed by atoms with Crippen molar-refractivity contribution in [2.24, 2.45) is 0 Å².